The summed E-state index contributed by atoms with van der Waals surface area (Å²) in [5.74, 6) is 0.852. The molecule has 0 spiro atoms. The van der Waals surface area contributed by atoms with Crippen LogP contribution in [-0.4, -0.2) is 6.61 Å². The Morgan fingerprint density at radius 3 is 2.92 bits per heavy atom. The second kappa shape index (κ2) is 4.93. The average Bonchev–Trinajstić information content (AvgIpc) is 2.11. The Morgan fingerprint density at radius 1 is 1.46 bits per heavy atom. The Kier molecular flexibility index (Phi) is 3.84. The largest absolute Gasteiger partial charge is 0.489 e. The molecule has 1 rings (SSSR count). The van der Waals surface area contributed by atoms with Crippen LogP contribution in [-0.2, 0) is 0 Å². The van der Waals surface area contributed by atoms with Crippen LogP contribution in [0.15, 0.2) is 30.4 Å². The maximum atomic E-state index is 5.83. The summed E-state index contributed by atoms with van der Waals surface area (Å²) in [5, 5.41) is 0.709. The number of hydrogen-bond acceptors (Lipinski definition) is 1. The van der Waals surface area contributed by atoms with E-state index in [1.165, 1.54) is 0 Å². The van der Waals surface area contributed by atoms with Gasteiger partial charge in [0.05, 0.1) is 0 Å². The highest BCUT2D eigenvalue weighted by molar-refractivity contribution is 6.30. The van der Waals surface area contributed by atoms with E-state index in [2.05, 4.69) is 0 Å². The van der Waals surface area contributed by atoms with E-state index in [0.717, 1.165) is 11.3 Å². The van der Waals surface area contributed by atoms with E-state index >= 15 is 0 Å². The van der Waals surface area contributed by atoms with Crippen molar-refractivity contribution < 1.29 is 4.74 Å². The van der Waals surface area contributed by atoms with Crippen molar-refractivity contribution in [3.8, 4) is 5.75 Å². The van der Waals surface area contributed by atoms with Crippen molar-refractivity contribution in [3.63, 3.8) is 0 Å². The second-order valence-electron chi connectivity index (χ2n) is 2.79. The molecule has 0 radical (unpaired) electrons. The third-order valence-corrected chi connectivity index (χ3v) is 1.96. The highest BCUT2D eigenvalue weighted by atomic mass is 35.5. The first-order valence-corrected chi connectivity index (χ1v) is 4.62. The van der Waals surface area contributed by atoms with Gasteiger partial charge in [0.1, 0.15) is 12.4 Å². The highest BCUT2D eigenvalue weighted by Gasteiger charge is 1.98. The first-order chi connectivity index (χ1) is 6.24. The topological polar surface area (TPSA) is 9.23 Å². The highest BCUT2D eigenvalue weighted by Crippen LogP contribution is 2.22. The van der Waals surface area contributed by atoms with E-state index in [9.17, 15) is 0 Å². The molecule has 13 heavy (non-hydrogen) atoms. The monoisotopic (exact) mass is 196 g/mol. The molecule has 1 aromatic rings. The van der Waals surface area contributed by atoms with Crippen LogP contribution < -0.4 is 4.74 Å². The number of halogens is 1. The molecule has 0 aromatic heterocycles. The molecule has 1 aromatic carbocycles. The van der Waals surface area contributed by atoms with Crippen molar-refractivity contribution in [3.05, 3.63) is 40.9 Å². The summed E-state index contributed by atoms with van der Waals surface area (Å²) in [6, 6.07) is 5.65. The van der Waals surface area contributed by atoms with E-state index in [0.29, 0.717) is 11.6 Å². The molecular formula is C11H13ClO. The van der Waals surface area contributed by atoms with E-state index in [4.69, 9.17) is 16.3 Å². The van der Waals surface area contributed by atoms with E-state index in [1.807, 2.05) is 44.2 Å². The van der Waals surface area contributed by atoms with Crippen molar-refractivity contribution in [2.75, 3.05) is 6.61 Å². The van der Waals surface area contributed by atoms with E-state index in [1.54, 1.807) is 0 Å². The first-order valence-electron chi connectivity index (χ1n) is 4.24. The van der Waals surface area contributed by atoms with Crippen LogP contribution in [0.3, 0.4) is 0 Å². The van der Waals surface area contributed by atoms with Gasteiger partial charge >= 0.3 is 0 Å². The molecule has 0 fully saturated rings. The molecule has 0 aliphatic rings. The zero-order valence-corrected chi connectivity index (χ0v) is 8.64. The Hall–Kier alpha value is -0.950. The van der Waals surface area contributed by atoms with Gasteiger partial charge in [0, 0.05) is 5.02 Å². The van der Waals surface area contributed by atoms with Crippen molar-refractivity contribution in [2.24, 2.45) is 0 Å². The van der Waals surface area contributed by atoms with Gasteiger partial charge in [-0.25, -0.2) is 0 Å². The Labute approximate surface area is 84.0 Å². The van der Waals surface area contributed by atoms with Crippen LogP contribution >= 0.6 is 11.6 Å². The minimum absolute atomic E-state index is 0.595. The smallest absolute Gasteiger partial charge is 0.124 e. The SMILES string of the molecule is CC=CCOc1cc(Cl)ccc1C. The maximum Gasteiger partial charge on any atom is 0.124 e. The third-order valence-electron chi connectivity index (χ3n) is 1.72. The number of aryl methyl sites for hydroxylation is 1. The molecule has 2 heteroatoms. The zero-order valence-electron chi connectivity index (χ0n) is 7.88. The lowest BCUT2D eigenvalue weighted by atomic mass is 10.2. The van der Waals surface area contributed by atoms with Gasteiger partial charge < -0.3 is 4.74 Å². The summed E-state index contributed by atoms with van der Waals surface area (Å²) >= 11 is 5.83. The Balaban J connectivity index is 2.69. The van der Waals surface area contributed by atoms with Crippen molar-refractivity contribution in [1.29, 1.82) is 0 Å². The van der Waals surface area contributed by atoms with Gasteiger partial charge in [0.15, 0.2) is 0 Å². The quantitative estimate of drug-likeness (QED) is 0.672. The minimum atomic E-state index is 0.595. The van der Waals surface area contributed by atoms with Crippen LogP contribution in [0.25, 0.3) is 0 Å². The fourth-order valence-electron chi connectivity index (χ4n) is 0.964. The molecule has 0 aliphatic carbocycles. The molecule has 0 atom stereocenters. The molecule has 0 unspecified atom stereocenters. The van der Waals surface area contributed by atoms with Gasteiger partial charge in [-0.05, 0) is 31.5 Å². The lowest BCUT2D eigenvalue weighted by Gasteiger charge is -2.06. The molecule has 0 aliphatic heterocycles. The van der Waals surface area contributed by atoms with Crippen molar-refractivity contribution in [2.45, 2.75) is 13.8 Å². The summed E-state index contributed by atoms with van der Waals surface area (Å²) in [6.07, 6.45) is 3.92. The van der Waals surface area contributed by atoms with E-state index in [-0.39, 0.29) is 0 Å². The van der Waals surface area contributed by atoms with Crippen LogP contribution in [0.1, 0.15) is 12.5 Å². The van der Waals surface area contributed by atoms with Gasteiger partial charge in [-0.2, -0.15) is 0 Å². The lowest BCUT2D eigenvalue weighted by Crippen LogP contribution is -1.94. The fourth-order valence-corrected chi connectivity index (χ4v) is 1.13. The van der Waals surface area contributed by atoms with Gasteiger partial charge in [-0.1, -0.05) is 29.8 Å². The number of hydrogen-bond donors (Lipinski definition) is 0. The molecule has 0 heterocycles. The second-order valence-corrected chi connectivity index (χ2v) is 3.23. The molecule has 0 bridgehead atoms. The number of rotatable bonds is 3. The summed E-state index contributed by atoms with van der Waals surface area (Å²) in [7, 11) is 0. The molecular weight excluding hydrogens is 184 g/mol. The van der Waals surface area contributed by atoms with Crippen LogP contribution in [0, 0.1) is 6.92 Å². The standard InChI is InChI=1S/C11H13ClO/c1-3-4-7-13-11-8-10(12)6-5-9(11)2/h3-6,8H,7H2,1-2H3. The molecule has 1 nitrogen and oxygen atoms in total. The third kappa shape index (κ3) is 3.11. The normalized spacial score (nSPS) is 10.7. The number of benzene rings is 1. The molecule has 0 saturated carbocycles. The van der Waals surface area contributed by atoms with E-state index < -0.39 is 0 Å². The zero-order chi connectivity index (χ0) is 9.68. The number of allylic oxidation sites excluding steroid dienone is 1. The molecule has 0 N–H and O–H groups in total. The predicted octanol–water partition coefficient (Wildman–Crippen LogP) is 3.60. The van der Waals surface area contributed by atoms with Crippen molar-refractivity contribution in [1.82, 2.24) is 0 Å². The van der Waals surface area contributed by atoms with Crippen LogP contribution in [0.2, 0.25) is 5.02 Å². The molecule has 0 saturated heterocycles. The summed E-state index contributed by atoms with van der Waals surface area (Å²) in [6.45, 7) is 4.56. The molecule has 70 valence electrons. The Morgan fingerprint density at radius 2 is 2.23 bits per heavy atom. The maximum absolute atomic E-state index is 5.83. The summed E-state index contributed by atoms with van der Waals surface area (Å²) < 4.78 is 5.49. The van der Waals surface area contributed by atoms with Gasteiger partial charge in [-0.15, -0.1) is 0 Å². The summed E-state index contributed by atoms with van der Waals surface area (Å²) in [4.78, 5) is 0. The average molecular weight is 197 g/mol. The Bertz CT molecular complexity index is 305. The first kappa shape index (κ1) is 10.1. The lowest BCUT2D eigenvalue weighted by molar-refractivity contribution is 0.360. The van der Waals surface area contributed by atoms with Gasteiger partial charge in [0.2, 0.25) is 0 Å². The van der Waals surface area contributed by atoms with Gasteiger partial charge in [-0.3, -0.25) is 0 Å². The summed E-state index contributed by atoms with van der Waals surface area (Å²) in [5.41, 5.74) is 1.11. The number of ether oxygens (including phenoxy) is 1. The fraction of sp³-hybridized carbons (Fsp3) is 0.273. The van der Waals surface area contributed by atoms with Gasteiger partial charge in [0.25, 0.3) is 0 Å². The van der Waals surface area contributed by atoms with Crippen LogP contribution in [0.4, 0.5) is 0 Å². The predicted molar refractivity (Wildman–Crippen MR) is 56.5 cm³/mol. The molecule has 0 amide bonds. The van der Waals surface area contributed by atoms with Crippen LogP contribution in [0.5, 0.6) is 5.75 Å². The minimum Gasteiger partial charge on any atom is -0.489 e. The van der Waals surface area contributed by atoms with Crippen molar-refractivity contribution >= 4 is 11.6 Å².